The summed E-state index contributed by atoms with van der Waals surface area (Å²) >= 11 is 0. The highest BCUT2D eigenvalue weighted by Crippen LogP contribution is 2.17. The quantitative estimate of drug-likeness (QED) is 0.879. The number of carbonyl (C=O) groups is 2. The third-order valence-corrected chi connectivity index (χ3v) is 3.49. The molecule has 0 saturated carbocycles. The van der Waals surface area contributed by atoms with Crippen molar-refractivity contribution in [1.29, 1.82) is 5.26 Å². The van der Waals surface area contributed by atoms with Crippen molar-refractivity contribution >= 4 is 23.2 Å². The fraction of sp³-hybridized carbons (Fsp3) is 0.105. The van der Waals surface area contributed by atoms with Crippen LogP contribution in [0.5, 0.6) is 0 Å². The molecule has 0 aliphatic carbocycles. The number of amides is 2. The summed E-state index contributed by atoms with van der Waals surface area (Å²) in [5.41, 5.74) is 3.08. The molecule has 0 radical (unpaired) electrons. The maximum Gasteiger partial charge on any atom is 0.255 e. The highest BCUT2D eigenvalue weighted by atomic mass is 16.2. The molecular weight excluding hydrogens is 302 g/mol. The van der Waals surface area contributed by atoms with Gasteiger partial charge in [-0.3, -0.25) is 9.59 Å². The third-order valence-electron chi connectivity index (χ3n) is 3.49. The lowest BCUT2D eigenvalue weighted by Gasteiger charge is -2.15. The number of carbonyl (C=O) groups excluding carboxylic acids is 2. The van der Waals surface area contributed by atoms with Crippen LogP contribution in [0, 0.1) is 18.3 Å². The largest absolute Gasteiger partial charge is 0.322 e. The normalized spacial score (nSPS) is 9.71. The fourth-order valence-corrected chi connectivity index (χ4v) is 2.22. The second-order valence-corrected chi connectivity index (χ2v) is 5.30. The Morgan fingerprint density at radius 2 is 1.88 bits per heavy atom. The first-order valence-corrected chi connectivity index (χ1v) is 7.28. The van der Waals surface area contributed by atoms with Crippen LogP contribution in [0.4, 0.5) is 11.4 Å². The van der Waals surface area contributed by atoms with Gasteiger partial charge in [0.05, 0.1) is 11.6 Å². The zero-order valence-corrected chi connectivity index (χ0v) is 13.5. The molecule has 0 fully saturated rings. The number of nitrogens with zero attached hydrogens (tertiary/aromatic N) is 2. The van der Waals surface area contributed by atoms with E-state index in [0.29, 0.717) is 22.5 Å². The first kappa shape index (κ1) is 17.0. The molecule has 0 bridgehead atoms. The van der Waals surface area contributed by atoms with Crippen LogP contribution < -0.4 is 10.2 Å². The number of nitriles is 1. The molecule has 2 aromatic rings. The molecule has 1 N–H and O–H groups in total. The van der Waals surface area contributed by atoms with Crippen molar-refractivity contribution in [3.63, 3.8) is 0 Å². The molecule has 2 rings (SSSR count). The smallest absolute Gasteiger partial charge is 0.255 e. The maximum absolute atomic E-state index is 12.3. The number of rotatable bonds is 4. The Kier molecular flexibility index (Phi) is 5.13. The fourth-order valence-electron chi connectivity index (χ4n) is 2.22. The maximum atomic E-state index is 12.3. The summed E-state index contributed by atoms with van der Waals surface area (Å²) in [5.74, 6) is -0.510. The van der Waals surface area contributed by atoms with Crippen LogP contribution in [0.3, 0.4) is 0 Å². The van der Waals surface area contributed by atoms with Crippen molar-refractivity contribution in [3.05, 3.63) is 71.8 Å². The van der Waals surface area contributed by atoms with E-state index in [9.17, 15) is 9.59 Å². The van der Waals surface area contributed by atoms with Gasteiger partial charge in [0, 0.05) is 24.0 Å². The van der Waals surface area contributed by atoms with Gasteiger partial charge in [-0.2, -0.15) is 5.26 Å². The van der Waals surface area contributed by atoms with Crippen molar-refractivity contribution in [3.8, 4) is 6.07 Å². The number of hydrogen-bond donors (Lipinski definition) is 1. The SMILES string of the molecule is C=CC(=O)N(C)c1ccc(C(=O)Nc2cc(C)cc(C#N)c2)cc1. The average molecular weight is 319 g/mol. The Morgan fingerprint density at radius 3 is 2.46 bits per heavy atom. The van der Waals surface area contributed by atoms with E-state index in [1.807, 2.05) is 6.92 Å². The molecule has 120 valence electrons. The van der Waals surface area contributed by atoms with E-state index >= 15 is 0 Å². The predicted molar refractivity (Wildman–Crippen MR) is 93.9 cm³/mol. The summed E-state index contributed by atoms with van der Waals surface area (Å²) in [6.07, 6.45) is 1.23. The molecule has 5 heteroatoms. The molecule has 0 spiro atoms. The first-order chi connectivity index (χ1) is 11.4. The molecule has 5 nitrogen and oxygen atoms in total. The van der Waals surface area contributed by atoms with E-state index in [1.165, 1.54) is 11.0 Å². The van der Waals surface area contributed by atoms with E-state index in [2.05, 4.69) is 18.0 Å². The van der Waals surface area contributed by atoms with E-state index in [0.717, 1.165) is 5.56 Å². The lowest BCUT2D eigenvalue weighted by Crippen LogP contribution is -2.23. The van der Waals surface area contributed by atoms with Gasteiger partial charge in [-0.1, -0.05) is 6.58 Å². The van der Waals surface area contributed by atoms with Crippen molar-refractivity contribution in [2.24, 2.45) is 0 Å². The van der Waals surface area contributed by atoms with Gasteiger partial charge in [0.2, 0.25) is 5.91 Å². The zero-order valence-electron chi connectivity index (χ0n) is 13.5. The number of anilines is 2. The molecule has 0 heterocycles. The van der Waals surface area contributed by atoms with Crippen molar-refractivity contribution in [1.82, 2.24) is 0 Å². The van der Waals surface area contributed by atoms with Crippen LogP contribution in [0.2, 0.25) is 0 Å². The van der Waals surface area contributed by atoms with Crippen LogP contribution >= 0.6 is 0 Å². The van der Waals surface area contributed by atoms with Gasteiger partial charge >= 0.3 is 0 Å². The molecule has 0 unspecified atom stereocenters. The predicted octanol–water partition coefficient (Wildman–Crippen LogP) is 3.27. The van der Waals surface area contributed by atoms with Crippen molar-refractivity contribution in [2.45, 2.75) is 6.92 Å². The minimum Gasteiger partial charge on any atom is -0.322 e. The van der Waals surface area contributed by atoms with Crippen LogP contribution in [-0.2, 0) is 4.79 Å². The molecule has 24 heavy (non-hydrogen) atoms. The topological polar surface area (TPSA) is 73.2 Å². The van der Waals surface area contributed by atoms with Gasteiger partial charge in [-0.05, 0) is 61.0 Å². The Labute approximate surface area is 140 Å². The Hall–Kier alpha value is -3.39. The van der Waals surface area contributed by atoms with E-state index in [1.54, 1.807) is 49.5 Å². The van der Waals surface area contributed by atoms with Crippen molar-refractivity contribution in [2.75, 3.05) is 17.3 Å². The standard InChI is InChI=1S/C19H17N3O2/c1-4-18(23)22(3)17-7-5-15(6-8-17)19(24)21-16-10-13(2)9-14(11-16)12-20/h4-11H,1H2,2-3H3,(H,21,24). The van der Waals surface area contributed by atoms with E-state index in [-0.39, 0.29) is 11.8 Å². The zero-order chi connectivity index (χ0) is 17.7. The number of hydrogen-bond acceptors (Lipinski definition) is 3. The summed E-state index contributed by atoms with van der Waals surface area (Å²) in [7, 11) is 1.63. The van der Waals surface area contributed by atoms with E-state index < -0.39 is 0 Å². The molecular formula is C19H17N3O2. The number of aryl methyl sites for hydroxylation is 1. The molecule has 0 saturated heterocycles. The second kappa shape index (κ2) is 7.25. The van der Waals surface area contributed by atoms with Gasteiger partial charge in [0.25, 0.3) is 5.91 Å². The van der Waals surface area contributed by atoms with Crippen LogP contribution in [0.25, 0.3) is 0 Å². The summed E-state index contributed by atoms with van der Waals surface area (Å²) in [4.78, 5) is 25.3. The van der Waals surface area contributed by atoms with Gasteiger partial charge in [-0.15, -0.1) is 0 Å². The summed E-state index contributed by atoms with van der Waals surface area (Å²) in [6.45, 7) is 5.30. The van der Waals surface area contributed by atoms with Crippen molar-refractivity contribution < 1.29 is 9.59 Å². The van der Waals surface area contributed by atoms with Gasteiger partial charge < -0.3 is 10.2 Å². The van der Waals surface area contributed by atoms with Crippen LogP contribution in [0.1, 0.15) is 21.5 Å². The molecule has 0 aliphatic heterocycles. The Balaban J connectivity index is 2.16. The minimum absolute atomic E-state index is 0.226. The molecule has 0 aliphatic rings. The Bertz CT molecular complexity index is 833. The highest BCUT2D eigenvalue weighted by molar-refractivity contribution is 6.05. The average Bonchev–Trinajstić information content (AvgIpc) is 2.59. The molecule has 0 aromatic heterocycles. The highest BCUT2D eigenvalue weighted by Gasteiger charge is 2.10. The summed E-state index contributed by atoms with van der Waals surface area (Å²) in [5, 5.41) is 11.8. The summed E-state index contributed by atoms with van der Waals surface area (Å²) < 4.78 is 0. The summed E-state index contributed by atoms with van der Waals surface area (Å²) in [6, 6.07) is 13.9. The molecule has 0 atom stereocenters. The second-order valence-electron chi connectivity index (χ2n) is 5.30. The first-order valence-electron chi connectivity index (χ1n) is 7.28. The molecule has 2 aromatic carbocycles. The number of nitrogens with one attached hydrogen (secondary N) is 1. The monoisotopic (exact) mass is 319 g/mol. The number of benzene rings is 2. The van der Waals surface area contributed by atoms with Gasteiger partial charge in [-0.25, -0.2) is 0 Å². The van der Waals surface area contributed by atoms with Gasteiger partial charge in [0.1, 0.15) is 0 Å². The minimum atomic E-state index is -0.284. The lowest BCUT2D eigenvalue weighted by atomic mass is 10.1. The van der Waals surface area contributed by atoms with Crippen LogP contribution in [0.15, 0.2) is 55.1 Å². The lowest BCUT2D eigenvalue weighted by molar-refractivity contribution is -0.113. The Morgan fingerprint density at radius 1 is 1.21 bits per heavy atom. The number of likely N-dealkylation sites (N-methyl/N-ethyl adjacent to an activating group) is 1. The van der Waals surface area contributed by atoms with Gasteiger partial charge in [0.15, 0.2) is 0 Å². The van der Waals surface area contributed by atoms with E-state index in [4.69, 9.17) is 5.26 Å². The van der Waals surface area contributed by atoms with Crippen LogP contribution in [-0.4, -0.2) is 18.9 Å². The third kappa shape index (κ3) is 3.87. The molecule has 2 amide bonds.